The van der Waals surface area contributed by atoms with Gasteiger partial charge in [-0.2, -0.15) is 0 Å². The second-order valence-electron chi connectivity index (χ2n) is 7.85. The highest BCUT2D eigenvalue weighted by atomic mass is 32.2. The van der Waals surface area contributed by atoms with E-state index >= 15 is 0 Å². The fraction of sp³-hybridized carbons (Fsp3) is 0.208. The van der Waals surface area contributed by atoms with Crippen molar-refractivity contribution in [3.63, 3.8) is 0 Å². The maximum atomic E-state index is 12.2. The lowest BCUT2D eigenvalue weighted by molar-refractivity contribution is 0.122. The number of nitrogens with two attached hydrogens (primary N) is 1. The Kier molecular flexibility index (Phi) is 5.86. The van der Waals surface area contributed by atoms with Crippen molar-refractivity contribution >= 4 is 26.7 Å². The number of rotatable bonds is 5. The van der Waals surface area contributed by atoms with Crippen LogP contribution in [0.4, 0.5) is 5.82 Å². The van der Waals surface area contributed by atoms with Crippen LogP contribution in [-0.2, 0) is 14.8 Å². The molecule has 2 aromatic carbocycles. The second kappa shape index (κ2) is 8.98. The summed E-state index contributed by atoms with van der Waals surface area (Å²) in [7, 11) is -2.45. The molecular weight excluding hydrogens is 454 g/mol. The fourth-order valence-electron chi connectivity index (χ4n) is 4.15. The van der Waals surface area contributed by atoms with Gasteiger partial charge in [-0.05, 0) is 29.8 Å². The van der Waals surface area contributed by atoms with Gasteiger partial charge in [0.05, 0.1) is 30.7 Å². The van der Waals surface area contributed by atoms with Crippen molar-refractivity contribution in [1.82, 2.24) is 15.0 Å². The van der Waals surface area contributed by atoms with Crippen LogP contribution in [0, 0.1) is 0 Å². The molecule has 2 aromatic heterocycles. The Hall–Kier alpha value is -3.60. The van der Waals surface area contributed by atoms with E-state index in [1.165, 1.54) is 13.2 Å². The first kappa shape index (κ1) is 22.2. The standard InChI is InChI=1S/C24H23N5O4S/c1-32-24-19(18-4-2-3-5-22(18)34(25,30)31)13-17(14-26-24)16-6-7-21-20(12-16)23(28-15-27-21)29-8-10-33-11-9-29/h2-7,12-15H,8-11H2,1H3,(H2,25,30,31). The summed E-state index contributed by atoms with van der Waals surface area (Å²) >= 11 is 0. The molecule has 34 heavy (non-hydrogen) atoms. The molecule has 0 unspecified atom stereocenters. The van der Waals surface area contributed by atoms with Gasteiger partial charge in [0.2, 0.25) is 15.9 Å². The number of methoxy groups -OCH3 is 1. The summed E-state index contributed by atoms with van der Waals surface area (Å²) < 4.78 is 35.3. The lowest BCUT2D eigenvalue weighted by atomic mass is 10.00. The minimum Gasteiger partial charge on any atom is -0.481 e. The molecule has 2 N–H and O–H groups in total. The number of benzene rings is 2. The Balaban J connectivity index is 1.65. The Labute approximate surface area is 197 Å². The molecule has 5 rings (SSSR count). The number of sulfonamides is 1. The highest BCUT2D eigenvalue weighted by Crippen LogP contribution is 2.36. The molecule has 1 saturated heterocycles. The number of aromatic nitrogens is 3. The zero-order chi connectivity index (χ0) is 23.7. The SMILES string of the molecule is COc1ncc(-c2ccc3ncnc(N4CCOCC4)c3c2)cc1-c1ccccc1S(N)(=O)=O. The number of hydrogen-bond donors (Lipinski definition) is 1. The molecule has 10 heteroatoms. The molecule has 4 aromatic rings. The zero-order valence-electron chi connectivity index (χ0n) is 18.5. The van der Waals surface area contributed by atoms with Crippen LogP contribution < -0.4 is 14.8 Å². The average Bonchev–Trinajstić information content (AvgIpc) is 2.87. The molecule has 0 aliphatic carbocycles. The van der Waals surface area contributed by atoms with Gasteiger partial charge in [0.1, 0.15) is 12.1 Å². The monoisotopic (exact) mass is 477 g/mol. The summed E-state index contributed by atoms with van der Waals surface area (Å²) in [6.45, 7) is 2.82. The topological polar surface area (TPSA) is 121 Å². The van der Waals surface area contributed by atoms with Crippen LogP contribution >= 0.6 is 0 Å². The van der Waals surface area contributed by atoms with Crippen LogP contribution in [0.15, 0.2) is 66.0 Å². The number of nitrogens with zero attached hydrogens (tertiary/aromatic N) is 4. The summed E-state index contributed by atoms with van der Waals surface area (Å²) in [6, 6.07) is 14.3. The minimum atomic E-state index is -3.95. The van der Waals surface area contributed by atoms with Gasteiger partial charge in [-0.25, -0.2) is 28.5 Å². The number of morpholine rings is 1. The van der Waals surface area contributed by atoms with Crippen LogP contribution in [0.2, 0.25) is 0 Å². The number of fused-ring (bicyclic) bond motifs is 1. The van der Waals surface area contributed by atoms with E-state index in [9.17, 15) is 8.42 Å². The van der Waals surface area contributed by atoms with E-state index in [-0.39, 0.29) is 4.90 Å². The molecule has 3 heterocycles. The molecule has 1 fully saturated rings. The molecule has 0 radical (unpaired) electrons. The van der Waals surface area contributed by atoms with Gasteiger partial charge in [-0.3, -0.25) is 0 Å². The maximum absolute atomic E-state index is 12.2. The van der Waals surface area contributed by atoms with Crippen molar-refractivity contribution in [3.8, 4) is 28.1 Å². The maximum Gasteiger partial charge on any atom is 0.238 e. The third-order valence-electron chi connectivity index (χ3n) is 5.79. The molecule has 0 saturated carbocycles. The van der Waals surface area contributed by atoms with Crippen LogP contribution in [0.25, 0.3) is 33.2 Å². The molecule has 1 aliphatic rings. The normalized spacial score (nSPS) is 14.4. The van der Waals surface area contributed by atoms with E-state index in [1.54, 1.807) is 30.7 Å². The molecular formula is C24H23N5O4S. The quantitative estimate of drug-likeness (QED) is 0.466. The van der Waals surface area contributed by atoms with Crippen LogP contribution in [0.3, 0.4) is 0 Å². The van der Waals surface area contributed by atoms with Gasteiger partial charge < -0.3 is 14.4 Å². The first-order valence-corrected chi connectivity index (χ1v) is 12.2. The van der Waals surface area contributed by atoms with Gasteiger partial charge in [-0.15, -0.1) is 0 Å². The number of pyridine rings is 1. The molecule has 0 amide bonds. The average molecular weight is 478 g/mol. The lowest BCUT2D eigenvalue weighted by Crippen LogP contribution is -2.36. The van der Waals surface area contributed by atoms with Crippen molar-refractivity contribution in [2.75, 3.05) is 38.3 Å². The number of primary sulfonamides is 1. The highest BCUT2D eigenvalue weighted by molar-refractivity contribution is 7.89. The van der Waals surface area contributed by atoms with Gasteiger partial charge in [0.15, 0.2) is 0 Å². The first-order valence-electron chi connectivity index (χ1n) is 10.7. The van der Waals surface area contributed by atoms with Gasteiger partial charge >= 0.3 is 0 Å². The van der Waals surface area contributed by atoms with Crippen LogP contribution in [-0.4, -0.2) is 56.8 Å². The van der Waals surface area contributed by atoms with E-state index < -0.39 is 10.0 Å². The Morgan fingerprint density at radius 1 is 0.971 bits per heavy atom. The Morgan fingerprint density at radius 3 is 2.53 bits per heavy atom. The summed E-state index contributed by atoms with van der Waals surface area (Å²) in [5.74, 6) is 1.16. The van der Waals surface area contributed by atoms with Gasteiger partial charge in [0, 0.05) is 41.4 Å². The van der Waals surface area contributed by atoms with Crippen molar-refractivity contribution in [2.24, 2.45) is 5.14 Å². The predicted octanol–water partition coefficient (Wildman–Crippen LogP) is 2.85. The Bertz CT molecular complexity index is 1470. The molecule has 0 bridgehead atoms. The zero-order valence-corrected chi connectivity index (χ0v) is 19.3. The van der Waals surface area contributed by atoms with E-state index in [4.69, 9.17) is 14.6 Å². The van der Waals surface area contributed by atoms with E-state index in [2.05, 4.69) is 19.9 Å². The molecule has 9 nitrogen and oxygen atoms in total. The van der Waals surface area contributed by atoms with Crippen molar-refractivity contribution < 1.29 is 17.9 Å². The van der Waals surface area contributed by atoms with Crippen molar-refractivity contribution in [3.05, 3.63) is 61.1 Å². The largest absolute Gasteiger partial charge is 0.481 e. The van der Waals surface area contributed by atoms with Crippen LogP contribution in [0.5, 0.6) is 5.88 Å². The van der Waals surface area contributed by atoms with Crippen molar-refractivity contribution in [1.29, 1.82) is 0 Å². The van der Waals surface area contributed by atoms with Gasteiger partial charge in [-0.1, -0.05) is 24.3 Å². The molecule has 0 atom stereocenters. The summed E-state index contributed by atoms with van der Waals surface area (Å²) in [5.41, 5.74) is 3.47. The minimum absolute atomic E-state index is 0.00812. The van der Waals surface area contributed by atoms with E-state index in [0.29, 0.717) is 30.2 Å². The summed E-state index contributed by atoms with van der Waals surface area (Å²) in [6.07, 6.45) is 3.27. The smallest absolute Gasteiger partial charge is 0.238 e. The number of hydrogen-bond acceptors (Lipinski definition) is 8. The summed E-state index contributed by atoms with van der Waals surface area (Å²) in [4.78, 5) is 15.6. The third-order valence-corrected chi connectivity index (χ3v) is 6.76. The second-order valence-corrected chi connectivity index (χ2v) is 9.38. The number of anilines is 1. The fourth-order valence-corrected chi connectivity index (χ4v) is 4.91. The van der Waals surface area contributed by atoms with Crippen molar-refractivity contribution in [2.45, 2.75) is 4.90 Å². The van der Waals surface area contributed by atoms with E-state index in [1.807, 2.05) is 24.3 Å². The van der Waals surface area contributed by atoms with E-state index in [0.717, 1.165) is 40.9 Å². The molecule has 1 aliphatic heterocycles. The third kappa shape index (κ3) is 4.18. The number of ether oxygens (including phenoxy) is 2. The molecule has 0 spiro atoms. The van der Waals surface area contributed by atoms with Gasteiger partial charge in [0.25, 0.3) is 0 Å². The molecule has 174 valence electrons. The first-order chi connectivity index (χ1) is 16.5. The van der Waals surface area contributed by atoms with Crippen LogP contribution in [0.1, 0.15) is 0 Å². The predicted molar refractivity (Wildman–Crippen MR) is 129 cm³/mol. The Morgan fingerprint density at radius 2 is 1.76 bits per heavy atom. The highest BCUT2D eigenvalue weighted by Gasteiger charge is 2.20. The lowest BCUT2D eigenvalue weighted by Gasteiger charge is -2.28. The summed E-state index contributed by atoms with van der Waals surface area (Å²) in [5, 5.41) is 6.39.